The number of hydrogen-bond donors (Lipinski definition) is 0. The van der Waals surface area contributed by atoms with Crippen LogP contribution in [0, 0.1) is 0 Å². The molecule has 0 spiro atoms. The topological polar surface area (TPSA) is 99.6 Å². The normalized spacial score (nSPS) is 20.7. The first-order valence-electron chi connectivity index (χ1n) is 11.8. The van der Waals surface area contributed by atoms with Crippen LogP contribution in [0.15, 0.2) is 59.7 Å². The molecule has 0 bridgehead atoms. The van der Waals surface area contributed by atoms with Crippen LogP contribution in [0.3, 0.4) is 0 Å². The van der Waals surface area contributed by atoms with Gasteiger partial charge in [0.25, 0.3) is 5.91 Å². The first kappa shape index (κ1) is 22.8. The van der Waals surface area contributed by atoms with Gasteiger partial charge in [-0.3, -0.25) is 19.3 Å². The van der Waals surface area contributed by atoms with Crippen LogP contribution in [0.5, 0.6) is 5.75 Å². The van der Waals surface area contributed by atoms with Crippen LogP contribution in [-0.4, -0.2) is 64.0 Å². The molecule has 0 radical (unpaired) electrons. The van der Waals surface area contributed by atoms with Crippen molar-refractivity contribution in [2.75, 3.05) is 13.7 Å². The molecular weight excluding hydrogens is 448 g/mol. The number of ether oxygens (including phenoxy) is 1. The third-order valence-electron chi connectivity index (χ3n) is 6.84. The van der Waals surface area contributed by atoms with Gasteiger partial charge in [0.05, 0.1) is 18.9 Å². The summed E-state index contributed by atoms with van der Waals surface area (Å²) in [7, 11) is 1.58. The molecule has 2 aromatic rings. The molecule has 3 aliphatic rings. The van der Waals surface area contributed by atoms with Crippen molar-refractivity contribution in [1.29, 1.82) is 0 Å². The van der Waals surface area contributed by atoms with Gasteiger partial charge in [0.1, 0.15) is 12.3 Å². The lowest BCUT2D eigenvalue weighted by atomic mass is 9.98. The second kappa shape index (κ2) is 9.32. The predicted octanol–water partition coefficient (Wildman–Crippen LogP) is 3.11. The Morgan fingerprint density at radius 2 is 1.66 bits per heavy atom. The van der Waals surface area contributed by atoms with Gasteiger partial charge < -0.3 is 4.74 Å². The summed E-state index contributed by atoms with van der Waals surface area (Å²) in [5, 5.41) is 5.91. The molecule has 1 atom stereocenters. The van der Waals surface area contributed by atoms with Gasteiger partial charge in [-0.1, -0.05) is 55.3 Å². The van der Waals surface area contributed by atoms with Crippen LogP contribution >= 0.6 is 0 Å². The Morgan fingerprint density at radius 3 is 2.31 bits per heavy atom. The molecule has 1 aliphatic carbocycles. The first-order valence-corrected chi connectivity index (χ1v) is 11.8. The number of nitrogens with zero attached hydrogens (tertiary/aromatic N) is 4. The second-order valence-electron chi connectivity index (χ2n) is 8.93. The molecule has 1 saturated heterocycles. The number of amides is 5. The highest BCUT2D eigenvalue weighted by Gasteiger charge is 2.49. The molecule has 2 heterocycles. The SMILES string of the molecule is COc1ccc([C@@H]2CC(c3ccccc3)=NN2C(=O)CN2C(=O)C(=O)N(C3CCCC3)C2=O)cc1. The molecular formula is C26H26N4O5. The van der Waals surface area contributed by atoms with E-state index in [-0.39, 0.29) is 6.04 Å². The molecule has 0 N–H and O–H groups in total. The molecule has 5 amide bonds. The third kappa shape index (κ3) is 4.18. The van der Waals surface area contributed by atoms with Crippen molar-refractivity contribution >= 4 is 29.5 Å². The maximum absolute atomic E-state index is 13.4. The first-order chi connectivity index (χ1) is 17.0. The summed E-state index contributed by atoms with van der Waals surface area (Å²) in [6.07, 6.45) is 3.65. The van der Waals surface area contributed by atoms with Crippen molar-refractivity contribution in [1.82, 2.24) is 14.8 Å². The lowest BCUT2D eigenvalue weighted by Crippen LogP contribution is -2.43. The fourth-order valence-electron chi connectivity index (χ4n) is 4.98. The van der Waals surface area contributed by atoms with Crippen LogP contribution in [0.25, 0.3) is 0 Å². The zero-order valence-electron chi connectivity index (χ0n) is 19.4. The van der Waals surface area contributed by atoms with E-state index in [0.29, 0.717) is 25.0 Å². The minimum absolute atomic E-state index is 0.277. The van der Waals surface area contributed by atoms with Crippen LogP contribution < -0.4 is 4.74 Å². The fraction of sp³-hybridized carbons (Fsp3) is 0.346. The quantitative estimate of drug-likeness (QED) is 0.473. The second-order valence-corrected chi connectivity index (χ2v) is 8.93. The van der Waals surface area contributed by atoms with Crippen LogP contribution in [0.4, 0.5) is 4.79 Å². The molecule has 0 aromatic heterocycles. The Labute approximate surface area is 202 Å². The summed E-state index contributed by atoms with van der Waals surface area (Å²) in [4.78, 5) is 53.4. The van der Waals surface area contributed by atoms with E-state index in [0.717, 1.165) is 39.5 Å². The highest BCUT2D eigenvalue weighted by Crippen LogP contribution is 2.34. The van der Waals surface area contributed by atoms with Crippen LogP contribution in [-0.2, 0) is 14.4 Å². The van der Waals surface area contributed by atoms with E-state index in [1.807, 2.05) is 54.6 Å². The molecule has 2 aliphatic heterocycles. The molecule has 2 aromatic carbocycles. The predicted molar refractivity (Wildman–Crippen MR) is 126 cm³/mol. The van der Waals surface area contributed by atoms with Crippen LogP contribution in [0.1, 0.15) is 49.3 Å². The smallest absolute Gasteiger partial charge is 0.334 e. The highest BCUT2D eigenvalue weighted by atomic mass is 16.5. The summed E-state index contributed by atoms with van der Waals surface area (Å²) in [6.45, 7) is -0.537. The number of methoxy groups -OCH3 is 1. The average Bonchev–Trinajstić information content (AvgIpc) is 3.62. The Morgan fingerprint density at radius 1 is 0.971 bits per heavy atom. The Kier molecular flexibility index (Phi) is 6.07. The van der Waals surface area contributed by atoms with Gasteiger partial charge in [0.15, 0.2) is 0 Å². The highest BCUT2D eigenvalue weighted by molar-refractivity contribution is 6.45. The largest absolute Gasteiger partial charge is 0.497 e. The number of urea groups is 1. The van der Waals surface area contributed by atoms with Gasteiger partial charge in [0, 0.05) is 12.5 Å². The number of hydrazone groups is 1. The van der Waals surface area contributed by atoms with Crippen molar-refractivity contribution < 1.29 is 23.9 Å². The summed E-state index contributed by atoms with van der Waals surface area (Å²) >= 11 is 0. The van der Waals surface area contributed by atoms with Gasteiger partial charge in [-0.05, 0) is 36.1 Å². The van der Waals surface area contributed by atoms with E-state index in [1.54, 1.807) is 7.11 Å². The summed E-state index contributed by atoms with van der Waals surface area (Å²) in [6, 6.07) is 15.5. The van der Waals surface area contributed by atoms with Gasteiger partial charge in [-0.25, -0.2) is 14.7 Å². The fourth-order valence-corrected chi connectivity index (χ4v) is 4.98. The maximum atomic E-state index is 13.4. The molecule has 1 saturated carbocycles. The Hall–Kier alpha value is -4.01. The number of carbonyl (C=O) groups excluding carboxylic acids is 4. The number of hydrogen-bond acceptors (Lipinski definition) is 6. The maximum Gasteiger partial charge on any atom is 0.334 e. The van der Waals surface area contributed by atoms with Gasteiger partial charge in [-0.15, -0.1) is 0 Å². The summed E-state index contributed by atoms with van der Waals surface area (Å²) in [5.41, 5.74) is 2.45. The average molecular weight is 475 g/mol. The van der Waals surface area contributed by atoms with Crippen molar-refractivity contribution in [3.8, 4) is 5.75 Å². The Bertz CT molecular complexity index is 1190. The van der Waals surface area contributed by atoms with E-state index in [4.69, 9.17) is 4.74 Å². The van der Waals surface area contributed by atoms with E-state index in [1.165, 1.54) is 5.01 Å². The zero-order valence-corrected chi connectivity index (χ0v) is 19.4. The van der Waals surface area contributed by atoms with E-state index >= 15 is 0 Å². The van der Waals surface area contributed by atoms with E-state index < -0.39 is 36.3 Å². The molecule has 2 fully saturated rings. The summed E-state index contributed by atoms with van der Waals surface area (Å²) < 4.78 is 5.24. The number of carbonyl (C=O) groups is 4. The Balaban J connectivity index is 1.41. The monoisotopic (exact) mass is 474 g/mol. The lowest BCUT2D eigenvalue weighted by molar-refractivity contribution is -0.145. The number of rotatable bonds is 6. The van der Waals surface area contributed by atoms with Gasteiger partial charge >= 0.3 is 17.8 Å². The van der Waals surface area contributed by atoms with Gasteiger partial charge in [0.2, 0.25) is 0 Å². The molecule has 9 nitrogen and oxygen atoms in total. The number of benzene rings is 2. The molecule has 180 valence electrons. The minimum Gasteiger partial charge on any atom is -0.497 e. The lowest BCUT2D eigenvalue weighted by Gasteiger charge is -2.24. The third-order valence-corrected chi connectivity index (χ3v) is 6.84. The van der Waals surface area contributed by atoms with Crippen molar-refractivity contribution in [2.45, 2.75) is 44.2 Å². The molecule has 9 heteroatoms. The molecule has 5 rings (SSSR count). The molecule has 35 heavy (non-hydrogen) atoms. The van der Waals surface area contributed by atoms with Crippen molar-refractivity contribution in [2.24, 2.45) is 5.10 Å². The summed E-state index contributed by atoms with van der Waals surface area (Å²) in [5.74, 6) is -1.65. The van der Waals surface area contributed by atoms with E-state index in [9.17, 15) is 19.2 Å². The zero-order chi connectivity index (χ0) is 24.5. The minimum atomic E-state index is -0.956. The van der Waals surface area contributed by atoms with Crippen LogP contribution in [0.2, 0.25) is 0 Å². The van der Waals surface area contributed by atoms with Crippen molar-refractivity contribution in [3.63, 3.8) is 0 Å². The van der Waals surface area contributed by atoms with Crippen molar-refractivity contribution in [3.05, 3.63) is 65.7 Å². The standard InChI is InChI=1S/C26H26N4O5/c1-35-20-13-11-18(12-14-20)22-15-21(17-7-3-2-4-8-17)27-30(22)23(31)16-28-24(32)25(33)29(26(28)34)19-9-5-6-10-19/h2-4,7-8,11-14,19,22H,5-6,9-10,15-16H2,1H3/t22-/m0/s1. The number of imide groups is 2. The van der Waals surface area contributed by atoms with Gasteiger partial charge in [-0.2, -0.15) is 5.10 Å². The van der Waals surface area contributed by atoms with E-state index in [2.05, 4.69) is 5.10 Å². The molecule has 0 unspecified atom stereocenters.